The molecule has 0 aromatic heterocycles. The summed E-state index contributed by atoms with van der Waals surface area (Å²) in [6, 6.07) is 22.6. The molecule has 0 bridgehead atoms. The second kappa shape index (κ2) is 9.56. The number of piperidine rings is 1. The number of rotatable bonds is 7. The van der Waals surface area contributed by atoms with Gasteiger partial charge in [-0.15, -0.1) is 0 Å². The van der Waals surface area contributed by atoms with Crippen molar-refractivity contribution in [3.63, 3.8) is 0 Å². The highest BCUT2D eigenvalue weighted by Gasteiger charge is 2.40. The van der Waals surface area contributed by atoms with Gasteiger partial charge in [0.1, 0.15) is 18.2 Å². The van der Waals surface area contributed by atoms with Crippen LogP contribution in [0.4, 0.5) is 10.1 Å². The van der Waals surface area contributed by atoms with Crippen LogP contribution in [0, 0.1) is 5.82 Å². The minimum atomic E-state index is -0.176. The molecule has 2 heterocycles. The zero-order valence-corrected chi connectivity index (χ0v) is 19.4. The van der Waals surface area contributed by atoms with Crippen LogP contribution in [0.15, 0.2) is 66.7 Å². The summed E-state index contributed by atoms with van der Waals surface area (Å²) in [5, 5.41) is 3.62. The quantitative estimate of drug-likeness (QED) is 0.462. The first-order chi connectivity index (χ1) is 16.1. The van der Waals surface area contributed by atoms with E-state index in [2.05, 4.69) is 65.7 Å². The van der Waals surface area contributed by atoms with Crippen molar-refractivity contribution in [1.82, 2.24) is 4.90 Å². The Kier molecular flexibility index (Phi) is 6.37. The first kappa shape index (κ1) is 22.0. The molecule has 0 radical (unpaired) electrons. The average Bonchev–Trinajstić information content (AvgIpc) is 3.20. The molecule has 0 amide bonds. The van der Waals surface area contributed by atoms with Crippen LogP contribution < -0.4 is 10.1 Å². The second-order valence-corrected chi connectivity index (χ2v) is 9.56. The molecule has 172 valence electrons. The fraction of sp³-hybridized carbons (Fsp3) is 0.379. The molecule has 2 aliphatic heterocycles. The maximum atomic E-state index is 14.1. The maximum absolute atomic E-state index is 14.1. The Labute approximate surface area is 196 Å². The minimum absolute atomic E-state index is 0.176. The minimum Gasteiger partial charge on any atom is -0.489 e. The van der Waals surface area contributed by atoms with Crippen molar-refractivity contribution >= 4 is 5.69 Å². The molecule has 0 saturated carbocycles. The van der Waals surface area contributed by atoms with Crippen LogP contribution >= 0.6 is 0 Å². The van der Waals surface area contributed by atoms with Crippen molar-refractivity contribution in [3.05, 3.63) is 94.8 Å². The molecule has 0 aliphatic carbocycles. The third-order valence-electron chi connectivity index (χ3n) is 7.31. The third kappa shape index (κ3) is 4.77. The van der Waals surface area contributed by atoms with Crippen LogP contribution in [0.2, 0.25) is 0 Å². The first-order valence-electron chi connectivity index (χ1n) is 12.2. The molecule has 5 rings (SSSR count). The van der Waals surface area contributed by atoms with E-state index in [9.17, 15) is 4.39 Å². The molecule has 4 heteroatoms. The van der Waals surface area contributed by atoms with E-state index in [1.807, 2.05) is 12.1 Å². The van der Waals surface area contributed by atoms with Crippen LogP contribution in [0.1, 0.15) is 48.4 Å². The summed E-state index contributed by atoms with van der Waals surface area (Å²) in [6.45, 7) is 6.81. The van der Waals surface area contributed by atoms with Crippen molar-refractivity contribution in [2.24, 2.45) is 0 Å². The van der Waals surface area contributed by atoms with Gasteiger partial charge in [-0.2, -0.15) is 0 Å². The lowest BCUT2D eigenvalue weighted by molar-refractivity contribution is 0.162. The Bertz CT molecular complexity index is 1090. The van der Waals surface area contributed by atoms with Gasteiger partial charge in [-0.05, 0) is 66.7 Å². The topological polar surface area (TPSA) is 24.5 Å². The van der Waals surface area contributed by atoms with Crippen molar-refractivity contribution in [3.8, 4) is 5.75 Å². The van der Waals surface area contributed by atoms with Crippen LogP contribution in [-0.4, -0.2) is 24.5 Å². The van der Waals surface area contributed by atoms with Gasteiger partial charge in [0.15, 0.2) is 0 Å². The predicted octanol–water partition coefficient (Wildman–Crippen LogP) is 6.32. The van der Waals surface area contributed by atoms with Crippen LogP contribution in [0.25, 0.3) is 0 Å². The van der Waals surface area contributed by atoms with Crippen molar-refractivity contribution < 1.29 is 9.13 Å². The molecule has 3 nitrogen and oxygen atoms in total. The maximum Gasteiger partial charge on any atom is 0.130 e. The fourth-order valence-electron chi connectivity index (χ4n) is 5.30. The summed E-state index contributed by atoms with van der Waals surface area (Å²) in [4.78, 5) is 2.57. The standard InChI is InChI=1S/C29H33FN2O/c1-2-5-24-12-13-25(18-27(24)30)33-20-23-10-8-22(9-11-23)19-32-16-14-29(15-17-32)21-31-28-7-4-3-6-26(28)29/h3-4,6-13,18,31H,2,5,14-17,19-21H2,1H3. The number of hydrogen-bond donors (Lipinski definition) is 1. The lowest BCUT2D eigenvalue weighted by Crippen LogP contribution is -2.43. The molecule has 0 atom stereocenters. The van der Waals surface area contributed by atoms with E-state index in [0.717, 1.165) is 50.1 Å². The number of ether oxygens (including phenoxy) is 1. The number of likely N-dealkylation sites (tertiary alicyclic amines) is 1. The Balaban J connectivity index is 1.13. The lowest BCUT2D eigenvalue weighted by Gasteiger charge is -2.39. The van der Waals surface area contributed by atoms with Crippen molar-refractivity contribution in [2.75, 3.05) is 25.0 Å². The highest BCUT2D eigenvalue weighted by atomic mass is 19.1. The van der Waals surface area contributed by atoms with Crippen LogP contribution in [0.3, 0.4) is 0 Å². The molecule has 1 saturated heterocycles. The van der Waals surface area contributed by atoms with Gasteiger partial charge in [0.25, 0.3) is 0 Å². The molecular weight excluding hydrogens is 411 g/mol. The van der Waals surface area contributed by atoms with Gasteiger partial charge in [-0.1, -0.05) is 61.9 Å². The van der Waals surface area contributed by atoms with Gasteiger partial charge < -0.3 is 10.1 Å². The Morgan fingerprint density at radius 1 is 0.970 bits per heavy atom. The van der Waals surface area contributed by atoms with Gasteiger partial charge >= 0.3 is 0 Å². The third-order valence-corrected chi connectivity index (χ3v) is 7.31. The average molecular weight is 445 g/mol. The largest absolute Gasteiger partial charge is 0.489 e. The molecule has 3 aromatic carbocycles. The summed E-state index contributed by atoms with van der Waals surface area (Å²) >= 11 is 0. The molecule has 1 N–H and O–H groups in total. The van der Waals surface area contributed by atoms with Crippen molar-refractivity contribution in [1.29, 1.82) is 0 Å². The number of hydrogen-bond acceptors (Lipinski definition) is 3. The summed E-state index contributed by atoms with van der Waals surface area (Å²) in [7, 11) is 0. The molecule has 1 fully saturated rings. The Morgan fingerprint density at radius 3 is 2.48 bits per heavy atom. The van der Waals surface area contributed by atoms with Gasteiger partial charge in [0.2, 0.25) is 0 Å². The van der Waals surface area contributed by atoms with E-state index in [0.29, 0.717) is 17.8 Å². The predicted molar refractivity (Wildman–Crippen MR) is 132 cm³/mol. The van der Waals surface area contributed by atoms with E-state index in [4.69, 9.17) is 4.74 Å². The SMILES string of the molecule is CCCc1ccc(OCc2ccc(CN3CCC4(CC3)CNc3ccccc34)cc2)cc1F. The summed E-state index contributed by atoms with van der Waals surface area (Å²) in [6.07, 6.45) is 4.11. The molecule has 33 heavy (non-hydrogen) atoms. The molecular formula is C29H33FN2O. The van der Waals surface area contributed by atoms with E-state index in [1.54, 1.807) is 0 Å². The van der Waals surface area contributed by atoms with Gasteiger partial charge in [-0.3, -0.25) is 4.90 Å². The number of benzene rings is 3. The molecule has 2 aliphatic rings. The van der Waals surface area contributed by atoms with Crippen LogP contribution in [-0.2, 0) is 25.0 Å². The number of aryl methyl sites for hydroxylation is 1. The number of halogens is 1. The van der Waals surface area contributed by atoms with E-state index in [1.165, 1.54) is 35.7 Å². The van der Waals surface area contributed by atoms with E-state index < -0.39 is 0 Å². The lowest BCUT2D eigenvalue weighted by atomic mass is 9.74. The number of fused-ring (bicyclic) bond motifs is 2. The smallest absolute Gasteiger partial charge is 0.130 e. The summed E-state index contributed by atoms with van der Waals surface area (Å²) in [5.41, 5.74) is 6.32. The Morgan fingerprint density at radius 2 is 1.73 bits per heavy atom. The first-order valence-corrected chi connectivity index (χ1v) is 12.2. The molecule has 1 spiro atoms. The number of anilines is 1. The molecule has 3 aromatic rings. The zero-order valence-electron chi connectivity index (χ0n) is 19.4. The highest BCUT2D eigenvalue weighted by Crippen LogP contribution is 2.43. The van der Waals surface area contributed by atoms with E-state index in [-0.39, 0.29) is 5.82 Å². The van der Waals surface area contributed by atoms with Crippen molar-refractivity contribution in [2.45, 2.75) is 51.2 Å². The van der Waals surface area contributed by atoms with Gasteiger partial charge in [0.05, 0.1) is 0 Å². The number of nitrogens with zero attached hydrogens (tertiary/aromatic N) is 1. The fourth-order valence-corrected chi connectivity index (χ4v) is 5.30. The Hall–Kier alpha value is -2.85. The number of para-hydroxylation sites is 1. The monoisotopic (exact) mass is 444 g/mol. The zero-order chi connectivity index (χ0) is 22.7. The van der Waals surface area contributed by atoms with Gasteiger partial charge in [-0.25, -0.2) is 4.39 Å². The van der Waals surface area contributed by atoms with Gasteiger partial charge in [0, 0.05) is 30.3 Å². The highest BCUT2D eigenvalue weighted by molar-refractivity contribution is 5.60. The second-order valence-electron chi connectivity index (χ2n) is 9.56. The summed E-state index contributed by atoms with van der Waals surface area (Å²) < 4.78 is 19.9. The summed E-state index contributed by atoms with van der Waals surface area (Å²) in [5.74, 6) is 0.409. The van der Waals surface area contributed by atoms with Crippen LogP contribution in [0.5, 0.6) is 5.75 Å². The molecule has 0 unspecified atom stereocenters. The van der Waals surface area contributed by atoms with E-state index >= 15 is 0 Å². The normalized spacial score (nSPS) is 17.0. The number of nitrogens with one attached hydrogen (secondary N) is 1.